The van der Waals surface area contributed by atoms with Crippen LogP contribution in [0.1, 0.15) is 54.7 Å². The van der Waals surface area contributed by atoms with Crippen LogP contribution in [0.2, 0.25) is 0 Å². The molecule has 0 aliphatic heterocycles. The van der Waals surface area contributed by atoms with Gasteiger partial charge in [0.05, 0.1) is 17.4 Å². The summed E-state index contributed by atoms with van der Waals surface area (Å²) >= 11 is 0. The van der Waals surface area contributed by atoms with Gasteiger partial charge in [0.25, 0.3) is 5.91 Å². The highest BCUT2D eigenvalue weighted by Gasteiger charge is 2.52. The average Bonchev–Trinajstić information content (AvgIpc) is 3.52. The third-order valence-corrected chi connectivity index (χ3v) is 8.42. The van der Waals surface area contributed by atoms with E-state index in [1.54, 1.807) is 16.8 Å². The van der Waals surface area contributed by atoms with Crippen molar-refractivity contribution in [3.63, 3.8) is 0 Å². The van der Waals surface area contributed by atoms with Crippen LogP contribution in [0, 0.1) is 24.7 Å². The van der Waals surface area contributed by atoms with E-state index >= 15 is 0 Å². The smallest absolute Gasteiger partial charge is 0.277 e. The molecule has 0 radical (unpaired) electrons. The van der Waals surface area contributed by atoms with Gasteiger partial charge in [0.15, 0.2) is 17.2 Å². The molecule has 4 heterocycles. The summed E-state index contributed by atoms with van der Waals surface area (Å²) in [6.07, 6.45) is 13.5. The number of fused-ring (bicyclic) bond motifs is 1. The number of amides is 1. The molecule has 4 fully saturated rings. The Morgan fingerprint density at radius 2 is 1.82 bits per heavy atom. The van der Waals surface area contributed by atoms with Gasteiger partial charge in [0, 0.05) is 42.8 Å². The minimum Gasteiger partial charge on any atom is -0.304 e. The van der Waals surface area contributed by atoms with E-state index in [2.05, 4.69) is 31.4 Å². The number of carbonyl (C=O) groups is 1. The monoisotopic (exact) mass is 456 g/mol. The third kappa shape index (κ3) is 2.95. The first-order valence-electron chi connectivity index (χ1n) is 12.2. The maximum absolute atomic E-state index is 13.1. The van der Waals surface area contributed by atoms with Crippen LogP contribution in [0.3, 0.4) is 0 Å². The van der Waals surface area contributed by atoms with Crippen molar-refractivity contribution in [2.75, 3.05) is 5.32 Å². The molecule has 1 N–H and O–H groups in total. The van der Waals surface area contributed by atoms with Gasteiger partial charge >= 0.3 is 0 Å². The van der Waals surface area contributed by atoms with Crippen molar-refractivity contribution in [3.8, 4) is 11.3 Å². The quantitative estimate of drug-likeness (QED) is 0.504. The molecule has 0 spiro atoms. The first-order valence-corrected chi connectivity index (χ1v) is 12.2. The number of aromatic nitrogens is 7. The number of hydrogen-bond acceptors (Lipinski definition) is 5. The van der Waals surface area contributed by atoms with Crippen molar-refractivity contribution in [2.45, 2.75) is 51.0 Å². The van der Waals surface area contributed by atoms with Gasteiger partial charge in [-0.15, -0.1) is 0 Å². The number of aryl methyl sites for hydroxylation is 1. The standard InChI is InChI=1S/C25H28N8O/c1-15-19(14-27-31(15)2)21-3-5-26-23-10-20(29-33(21)23)24(34)28-22-4-6-32(30-22)25-11-16-7-17(12-25)9-18(8-16)13-25/h3-6,10,14,16-18H,7-9,11-13H2,1-2H3,(H,28,30,34). The van der Waals surface area contributed by atoms with E-state index < -0.39 is 0 Å². The molecule has 0 atom stereocenters. The topological polar surface area (TPSA) is 94.9 Å². The maximum atomic E-state index is 13.1. The van der Waals surface area contributed by atoms with Crippen LogP contribution in [-0.4, -0.2) is 40.1 Å². The number of nitrogens with zero attached hydrogens (tertiary/aromatic N) is 7. The van der Waals surface area contributed by atoms with Gasteiger partial charge in [-0.2, -0.15) is 15.3 Å². The van der Waals surface area contributed by atoms with Gasteiger partial charge in [0.1, 0.15) is 0 Å². The highest BCUT2D eigenvalue weighted by atomic mass is 16.2. The second kappa shape index (κ2) is 7.01. The van der Waals surface area contributed by atoms with Crippen LogP contribution >= 0.6 is 0 Å². The lowest BCUT2D eigenvalue weighted by Crippen LogP contribution is -2.52. The molecule has 4 aromatic rings. The van der Waals surface area contributed by atoms with Gasteiger partial charge in [-0.25, -0.2) is 9.50 Å². The molecule has 34 heavy (non-hydrogen) atoms. The SMILES string of the molecule is Cc1c(-c2ccnc3cc(C(=O)Nc4ccn(C56CC7CC(CC(C7)C5)C6)n4)nn23)cnn1C. The van der Waals surface area contributed by atoms with E-state index in [1.807, 2.05) is 37.0 Å². The highest BCUT2D eigenvalue weighted by molar-refractivity contribution is 6.03. The van der Waals surface area contributed by atoms with E-state index in [1.165, 1.54) is 38.5 Å². The third-order valence-electron chi connectivity index (χ3n) is 8.42. The Labute approximate surface area is 197 Å². The molecule has 0 aromatic carbocycles. The van der Waals surface area contributed by atoms with Crippen LogP contribution in [-0.2, 0) is 12.6 Å². The summed E-state index contributed by atoms with van der Waals surface area (Å²) in [7, 11) is 1.90. The van der Waals surface area contributed by atoms with Crippen molar-refractivity contribution in [2.24, 2.45) is 24.8 Å². The van der Waals surface area contributed by atoms with Gasteiger partial charge in [-0.1, -0.05) is 0 Å². The average molecular weight is 457 g/mol. The summed E-state index contributed by atoms with van der Waals surface area (Å²) in [5.41, 5.74) is 3.89. The molecule has 9 nitrogen and oxygen atoms in total. The van der Waals surface area contributed by atoms with Crippen molar-refractivity contribution < 1.29 is 4.79 Å². The van der Waals surface area contributed by atoms with Crippen molar-refractivity contribution >= 4 is 17.4 Å². The number of anilines is 1. The summed E-state index contributed by atoms with van der Waals surface area (Å²) in [4.78, 5) is 17.5. The minimum absolute atomic E-state index is 0.140. The lowest BCUT2D eigenvalue weighted by Gasteiger charge is -2.56. The predicted octanol–water partition coefficient (Wildman–Crippen LogP) is 3.81. The maximum Gasteiger partial charge on any atom is 0.277 e. The second-order valence-electron chi connectivity index (χ2n) is 10.6. The van der Waals surface area contributed by atoms with E-state index in [-0.39, 0.29) is 11.4 Å². The van der Waals surface area contributed by atoms with Gasteiger partial charge < -0.3 is 5.32 Å². The van der Waals surface area contributed by atoms with E-state index in [0.29, 0.717) is 17.2 Å². The lowest BCUT2D eigenvalue weighted by atomic mass is 9.53. The number of nitrogens with one attached hydrogen (secondary N) is 1. The van der Waals surface area contributed by atoms with Gasteiger partial charge in [-0.3, -0.25) is 14.2 Å². The fraction of sp³-hybridized carbons (Fsp3) is 0.480. The molecule has 4 aliphatic carbocycles. The molecule has 4 aliphatic rings. The largest absolute Gasteiger partial charge is 0.304 e. The molecule has 4 bridgehead atoms. The fourth-order valence-corrected chi connectivity index (χ4v) is 7.14. The molecular formula is C25H28N8O. The predicted molar refractivity (Wildman–Crippen MR) is 126 cm³/mol. The first kappa shape index (κ1) is 19.9. The first-order chi connectivity index (χ1) is 16.5. The van der Waals surface area contributed by atoms with Crippen molar-refractivity contribution in [1.82, 2.24) is 34.2 Å². The summed E-state index contributed by atoms with van der Waals surface area (Å²) in [5, 5.41) is 16.7. The lowest BCUT2D eigenvalue weighted by molar-refractivity contribution is -0.0492. The van der Waals surface area contributed by atoms with Gasteiger partial charge in [0.2, 0.25) is 0 Å². The van der Waals surface area contributed by atoms with Crippen LogP contribution in [0.25, 0.3) is 16.9 Å². The summed E-state index contributed by atoms with van der Waals surface area (Å²) in [5.74, 6) is 2.83. The van der Waals surface area contributed by atoms with E-state index in [0.717, 1.165) is 34.7 Å². The Hall–Kier alpha value is -3.49. The normalized spacial score (nSPS) is 27.5. The minimum atomic E-state index is -0.282. The molecule has 0 unspecified atom stereocenters. The second-order valence-corrected chi connectivity index (χ2v) is 10.6. The molecular weight excluding hydrogens is 428 g/mol. The summed E-state index contributed by atoms with van der Waals surface area (Å²) in [6, 6.07) is 5.51. The zero-order valence-electron chi connectivity index (χ0n) is 19.5. The van der Waals surface area contributed by atoms with Crippen LogP contribution in [0.5, 0.6) is 0 Å². The van der Waals surface area contributed by atoms with Gasteiger partial charge in [-0.05, 0) is 69.3 Å². The van der Waals surface area contributed by atoms with Crippen molar-refractivity contribution in [3.05, 3.63) is 48.2 Å². The Morgan fingerprint density at radius 1 is 1.09 bits per heavy atom. The summed E-state index contributed by atoms with van der Waals surface area (Å²) < 4.78 is 5.67. The van der Waals surface area contributed by atoms with Crippen LogP contribution < -0.4 is 5.32 Å². The number of rotatable bonds is 4. The van der Waals surface area contributed by atoms with Crippen LogP contribution in [0.15, 0.2) is 36.8 Å². The Bertz CT molecular complexity index is 1390. The molecule has 8 rings (SSSR count). The van der Waals surface area contributed by atoms with E-state index in [9.17, 15) is 4.79 Å². The molecule has 1 amide bonds. The number of hydrogen-bond donors (Lipinski definition) is 1. The molecule has 4 aromatic heterocycles. The molecule has 9 heteroatoms. The van der Waals surface area contributed by atoms with Crippen molar-refractivity contribution in [1.29, 1.82) is 0 Å². The fourth-order valence-electron chi connectivity index (χ4n) is 7.14. The molecule has 0 saturated heterocycles. The molecule has 4 saturated carbocycles. The highest BCUT2D eigenvalue weighted by Crippen LogP contribution is 2.58. The van der Waals surface area contributed by atoms with E-state index in [4.69, 9.17) is 5.10 Å². The Kier molecular flexibility index (Phi) is 4.11. The van der Waals surface area contributed by atoms with Crippen LogP contribution in [0.4, 0.5) is 5.82 Å². The zero-order valence-corrected chi connectivity index (χ0v) is 19.5. The molecule has 174 valence electrons. The summed E-state index contributed by atoms with van der Waals surface area (Å²) in [6.45, 7) is 2.01. The Balaban J connectivity index is 1.15. The number of carbonyl (C=O) groups excluding carboxylic acids is 1. The Morgan fingerprint density at radius 3 is 2.50 bits per heavy atom. The zero-order chi connectivity index (χ0) is 23.0.